The Bertz CT molecular complexity index is 307. The van der Waals surface area contributed by atoms with Crippen LogP contribution in [0.1, 0.15) is 37.7 Å². The highest BCUT2D eigenvalue weighted by atomic mass is 16.5. The molecule has 82 valence electrons. The molecule has 1 fully saturated rings. The number of unbranched alkanes of at least 4 members (excludes halogenated alkanes) is 1. The fraction of sp³-hybridized carbons (Fsp3) is 0.538. The van der Waals surface area contributed by atoms with E-state index in [1.807, 2.05) is 0 Å². The summed E-state index contributed by atoms with van der Waals surface area (Å²) in [7, 11) is 0. The van der Waals surface area contributed by atoms with Crippen molar-refractivity contribution in [1.29, 1.82) is 0 Å². The lowest BCUT2D eigenvalue weighted by molar-refractivity contribution is 0.309. The molecule has 2 nitrogen and oxygen atoms in total. The second-order valence-corrected chi connectivity index (χ2v) is 4.28. The molecule has 0 saturated heterocycles. The molecule has 1 aromatic carbocycles. The van der Waals surface area contributed by atoms with Crippen molar-refractivity contribution in [2.75, 3.05) is 6.61 Å². The van der Waals surface area contributed by atoms with Crippen molar-refractivity contribution in [3.63, 3.8) is 0 Å². The summed E-state index contributed by atoms with van der Waals surface area (Å²) >= 11 is 0. The summed E-state index contributed by atoms with van der Waals surface area (Å²) < 4.78 is 5.60. The predicted molar refractivity (Wildman–Crippen MR) is 62.2 cm³/mol. The van der Waals surface area contributed by atoms with Gasteiger partial charge in [-0.1, -0.05) is 25.5 Å². The van der Waals surface area contributed by atoms with Crippen molar-refractivity contribution in [2.45, 2.75) is 38.1 Å². The molecule has 0 amide bonds. The van der Waals surface area contributed by atoms with E-state index in [9.17, 15) is 0 Å². The summed E-state index contributed by atoms with van der Waals surface area (Å²) in [6, 6.07) is 8.76. The van der Waals surface area contributed by atoms with Gasteiger partial charge in [-0.25, -0.2) is 0 Å². The van der Waals surface area contributed by atoms with Crippen molar-refractivity contribution in [3.05, 3.63) is 29.8 Å². The first kappa shape index (κ1) is 10.5. The quantitative estimate of drug-likeness (QED) is 0.750. The first-order valence-electron chi connectivity index (χ1n) is 5.79. The van der Waals surface area contributed by atoms with Crippen molar-refractivity contribution >= 4 is 0 Å². The molecule has 0 unspecified atom stereocenters. The van der Waals surface area contributed by atoms with Crippen LogP contribution < -0.4 is 10.5 Å². The van der Waals surface area contributed by atoms with Gasteiger partial charge in [0.15, 0.2) is 0 Å². The maximum atomic E-state index is 5.80. The van der Waals surface area contributed by atoms with Crippen LogP contribution in [0.25, 0.3) is 0 Å². The lowest BCUT2D eigenvalue weighted by Gasteiger charge is -2.06. The van der Waals surface area contributed by atoms with E-state index in [1.54, 1.807) is 0 Å². The van der Waals surface area contributed by atoms with Crippen LogP contribution in [-0.2, 0) is 0 Å². The number of rotatable bonds is 5. The van der Waals surface area contributed by atoms with E-state index >= 15 is 0 Å². The Kier molecular flexibility index (Phi) is 3.27. The molecule has 0 radical (unpaired) electrons. The third kappa shape index (κ3) is 2.72. The average molecular weight is 205 g/mol. The van der Waals surface area contributed by atoms with E-state index < -0.39 is 0 Å². The Hall–Kier alpha value is -1.02. The fourth-order valence-corrected chi connectivity index (χ4v) is 1.74. The van der Waals surface area contributed by atoms with Crippen LogP contribution >= 0.6 is 0 Å². The van der Waals surface area contributed by atoms with Gasteiger partial charge in [-0.15, -0.1) is 0 Å². The molecule has 0 bridgehead atoms. The van der Waals surface area contributed by atoms with Gasteiger partial charge in [-0.3, -0.25) is 0 Å². The topological polar surface area (TPSA) is 35.2 Å². The molecule has 1 aliphatic rings. The maximum absolute atomic E-state index is 5.80. The van der Waals surface area contributed by atoms with Crippen LogP contribution in [0.4, 0.5) is 0 Å². The highest BCUT2D eigenvalue weighted by Crippen LogP contribution is 2.39. The minimum Gasteiger partial charge on any atom is -0.494 e. The second-order valence-electron chi connectivity index (χ2n) is 4.28. The zero-order chi connectivity index (χ0) is 10.7. The third-order valence-corrected chi connectivity index (χ3v) is 2.91. The molecule has 0 spiro atoms. The summed E-state index contributed by atoms with van der Waals surface area (Å²) in [4.78, 5) is 0. The summed E-state index contributed by atoms with van der Waals surface area (Å²) in [5.41, 5.74) is 7.16. The normalized spacial score (nSPS) is 23.9. The molecule has 1 aliphatic carbocycles. The maximum Gasteiger partial charge on any atom is 0.119 e. The molecule has 2 atom stereocenters. The van der Waals surface area contributed by atoms with Crippen molar-refractivity contribution in [2.24, 2.45) is 5.73 Å². The van der Waals surface area contributed by atoms with Crippen LogP contribution in [-0.4, -0.2) is 12.6 Å². The van der Waals surface area contributed by atoms with Gasteiger partial charge in [-0.2, -0.15) is 0 Å². The average Bonchev–Trinajstić information content (AvgIpc) is 2.97. The summed E-state index contributed by atoms with van der Waals surface area (Å²) in [6.45, 7) is 2.99. The van der Waals surface area contributed by atoms with E-state index in [1.165, 1.54) is 12.0 Å². The van der Waals surface area contributed by atoms with Crippen LogP contribution in [0.15, 0.2) is 24.3 Å². The van der Waals surface area contributed by atoms with Crippen molar-refractivity contribution < 1.29 is 4.74 Å². The van der Waals surface area contributed by atoms with Gasteiger partial charge in [0.25, 0.3) is 0 Å². The standard InChI is InChI=1S/C13H19NO/c1-2-3-8-15-11-6-4-10(5-7-11)12-9-13(12)14/h4-7,12-13H,2-3,8-9,14H2,1H3/t12-,13+/m1/s1. The van der Waals surface area contributed by atoms with Gasteiger partial charge in [0.1, 0.15) is 5.75 Å². The Morgan fingerprint density at radius 2 is 2.00 bits per heavy atom. The molecule has 2 rings (SSSR count). The second kappa shape index (κ2) is 4.67. The zero-order valence-electron chi connectivity index (χ0n) is 9.28. The van der Waals surface area contributed by atoms with E-state index in [0.29, 0.717) is 12.0 Å². The van der Waals surface area contributed by atoms with Crippen LogP contribution in [0, 0.1) is 0 Å². The Labute approximate surface area is 91.4 Å². The third-order valence-electron chi connectivity index (χ3n) is 2.91. The monoisotopic (exact) mass is 205 g/mol. The Morgan fingerprint density at radius 3 is 2.53 bits per heavy atom. The van der Waals surface area contributed by atoms with E-state index in [2.05, 4.69) is 31.2 Å². The molecule has 2 N–H and O–H groups in total. The highest BCUT2D eigenvalue weighted by molar-refractivity contribution is 5.33. The van der Waals surface area contributed by atoms with Gasteiger partial charge in [-0.05, 0) is 30.5 Å². The van der Waals surface area contributed by atoms with Crippen LogP contribution in [0.2, 0.25) is 0 Å². The van der Waals surface area contributed by atoms with Crippen molar-refractivity contribution in [3.8, 4) is 5.75 Å². The first-order valence-corrected chi connectivity index (χ1v) is 5.79. The van der Waals surface area contributed by atoms with Gasteiger partial charge >= 0.3 is 0 Å². The van der Waals surface area contributed by atoms with Gasteiger partial charge in [0.2, 0.25) is 0 Å². The summed E-state index contributed by atoms with van der Waals surface area (Å²) in [5.74, 6) is 1.57. The van der Waals surface area contributed by atoms with Crippen LogP contribution in [0.5, 0.6) is 5.75 Å². The smallest absolute Gasteiger partial charge is 0.119 e. The largest absolute Gasteiger partial charge is 0.494 e. The first-order chi connectivity index (χ1) is 7.31. The number of hydrogen-bond donors (Lipinski definition) is 1. The summed E-state index contributed by atoms with van der Waals surface area (Å²) in [6.07, 6.45) is 3.43. The SMILES string of the molecule is CCCCOc1ccc([C@H]2C[C@@H]2N)cc1. The molecular formula is C13H19NO. The van der Waals surface area contributed by atoms with E-state index in [-0.39, 0.29) is 0 Å². The van der Waals surface area contributed by atoms with Gasteiger partial charge < -0.3 is 10.5 Å². The minimum atomic E-state index is 0.386. The van der Waals surface area contributed by atoms with Gasteiger partial charge in [0, 0.05) is 12.0 Å². The molecule has 2 heteroatoms. The highest BCUT2D eigenvalue weighted by Gasteiger charge is 2.34. The lowest BCUT2D eigenvalue weighted by atomic mass is 10.1. The number of hydrogen-bond acceptors (Lipinski definition) is 2. The number of nitrogens with two attached hydrogens (primary N) is 1. The molecule has 0 aromatic heterocycles. The molecular weight excluding hydrogens is 186 g/mol. The van der Waals surface area contributed by atoms with Gasteiger partial charge in [0.05, 0.1) is 6.61 Å². The van der Waals surface area contributed by atoms with Crippen LogP contribution in [0.3, 0.4) is 0 Å². The number of ether oxygens (including phenoxy) is 1. The summed E-state index contributed by atoms with van der Waals surface area (Å²) in [5, 5.41) is 0. The predicted octanol–water partition coefficient (Wildman–Crippen LogP) is 2.68. The molecule has 0 aliphatic heterocycles. The molecule has 15 heavy (non-hydrogen) atoms. The zero-order valence-corrected chi connectivity index (χ0v) is 9.28. The minimum absolute atomic E-state index is 0.386. The molecule has 0 heterocycles. The lowest BCUT2D eigenvalue weighted by Crippen LogP contribution is -2.01. The molecule has 1 aromatic rings. The Morgan fingerprint density at radius 1 is 1.33 bits per heavy atom. The number of benzene rings is 1. The fourth-order valence-electron chi connectivity index (χ4n) is 1.74. The van der Waals surface area contributed by atoms with Crippen molar-refractivity contribution in [1.82, 2.24) is 0 Å². The van der Waals surface area contributed by atoms with E-state index in [0.717, 1.165) is 25.2 Å². The molecule has 1 saturated carbocycles. The Balaban J connectivity index is 1.87. The van der Waals surface area contributed by atoms with E-state index in [4.69, 9.17) is 10.5 Å².